The predicted molar refractivity (Wildman–Crippen MR) is 57.4 cm³/mol. The lowest BCUT2D eigenvalue weighted by atomic mass is 9.87. The summed E-state index contributed by atoms with van der Waals surface area (Å²) in [6.07, 6.45) is 6.96. The van der Waals surface area contributed by atoms with E-state index in [2.05, 4.69) is 34.6 Å². The third-order valence-electron chi connectivity index (χ3n) is 2.41. The van der Waals surface area contributed by atoms with Gasteiger partial charge in [-0.2, -0.15) is 0 Å². The first-order valence-electron chi connectivity index (χ1n) is 5.45. The Kier molecular flexibility index (Phi) is 5.61. The van der Waals surface area contributed by atoms with E-state index in [9.17, 15) is 0 Å². The van der Waals surface area contributed by atoms with Crippen LogP contribution in [0.4, 0.5) is 0 Å². The van der Waals surface area contributed by atoms with Gasteiger partial charge in [-0.3, -0.25) is 0 Å². The molecule has 0 rings (SSSR count). The first-order chi connectivity index (χ1) is 5.45. The molecule has 0 spiro atoms. The zero-order valence-electron chi connectivity index (χ0n) is 9.61. The normalized spacial score (nSPS) is 14.8. The van der Waals surface area contributed by atoms with Crippen molar-refractivity contribution < 1.29 is 0 Å². The molecule has 0 aliphatic carbocycles. The van der Waals surface area contributed by atoms with Crippen LogP contribution in [-0.4, -0.2) is 0 Å². The molecule has 0 saturated carbocycles. The van der Waals surface area contributed by atoms with Crippen LogP contribution >= 0.6 is 0 Å². The fourth-order valence-corrected chi connectivity index (χ4v) is 1.62. The van der Waals surface area contributed by atoms with E-state index >= 15 is 0 Å². The van der Waals surface area contributed by atoms with Gasteiger partial charge in [-0.05, 0) is 17.8 Å². The molecule has 0 heterocycles. The zero-order chi connectivity index (χ0) is 9.61. The van der Waals surface area contributed by atoms with Crippen molar-refractivity contribution in [1.82, 2.24) is 0 Å². The summed E-state index contributed by atoms with van der Waals surface area (Å²) in [5.74, 6) is 0.942. The molecule has 0 bridgehead atoms. The van der Waals surface area contributed by atoms with Crippen molar-refractivity contribution in [1.29, 1.82) is 0 Å². The number of hydrogen-bond acceptors (Lipinski definition) is 0. The molecule has 0 aromatic carbocycles. The first-order valence-corrected chi connectivity index (χ1v) is 5.45. The zero-order valence-corrected chi connectivity index (χ0v) is 9.61. The Morgan fingerprint density at radius 3 is 2.08 bits per heavy atom. The van der Waals surface area contributed by atoms with Crippen molar-refractivity contribution in [3.63, 3.8) is 0 Å². The highest BCUT2D eigenvalue weighted by atomic mass is 14.2. The summed E-state index contributed by atoms with van der Waals surface area (Å²) in [7, 11) is 0. The van der Waals surface area contributed by atoms with E-state index in [1.54, 1.807) is 0 Å². The molecule has 0 aliphatic rings. The molecule has 0 saturated heterocycles. The van der Waals surface area contributed by atoms with Gasteiger partial charge in [0.2, 0.25) is 0 Å². The predicted octanol–water partition coefficient (Wildman–Crippen LogP) is 4.64. The van der Waals surface area contributed by atoms with E-state index in [-0.39, 0.29) is 0 Å². The van der Waals surface area contributed by atoms with Gasteiger partial charge in [-0.25, -0.2) is 0 Å². The van der Waals surface area contributed by atoms with E-state index in [0.29, 0.717) is 5.41 Å². The Hall–Kier alpha value is 0. The molecule has 0 amide bonds. The Balaban J connectivity index is 3.31. The molecule has 0 aromatic heterocycles. The molecule has 0 radical (unpaired) electrons. The van der Waals surface area contributed by atoms with Gasteiger partial charge >= 0.3 is 0 Å². The summed E-state index contributed by atoms with van der Waals surface area (Å²) in [5, 5.41) is 0. The third-order valence-corrected chi connectivity index (χ3v) is 2.41. The maximum absolute atomic E-state index is 2.38. The minimum atomic E-state index is 0.534. The second kappa shape index (κ2) is 5.61. The second-order valence-corrected chi connectivity index (χ2v) is 5.35. The Morgan fingerprint density at radius 1 is 1.08 bits per heavy atom. The highest BCUT2D eigenvalue weighted by Gasteiger charge is 2.10. The van der Waals surface area contributed by atoms with Crippen molar-refractivity contribution in [2.45, 2.75) is 66.7 Å². The quantitative estimate of drug-likeness (QED) is 0.564. The van der Waals surface area contributed by atoms with Gasteiger partial charge in [0.1, 0.15) is 0 Å². The van der Waals surface area contributed by atoms with Gasteiger partial charge in [0.05, 0.1) is 0 Å². The molecule has 12 heavy (non-hydrogen) atoms. The molecule has 0 N–H and O–H groups in total. The van der Waals surface area contributed by atoms with Crippen LogP contribution in [0.15, 0.2) is 0 Å². The minimum Gasteiger partial charge on any atom is -0.0654 e. The Morgan fingerprint density at radius 2 is 1.67 bits per heavy atom. The van der Waals surface area contributed by atoms with Gasteiger partial charge in [0.25, 0.3) is 0 Å². The molecule has 0 nitrogen and oxygen atoms in total. The fraction of sp³-hybridized carbons (Fsp3) is 1.00. The molecule has 1 unspecified atom stereocenters. The Labute approximate surface area is 78.8 Å². The molecule has 74 valence electrons. The molecule has 1 atom stereocenters. The van der Waals surface area contributed by atoms with Crippen molar-refractivity contribution in [2.24, 2.45) is 11.3 Å². The van der Waals surface area contributed by atoms with Crippen molar-refractivity contribution in [2.75, 3.05) is 0 Å². The minimum absolute atomic E-state index is 0.534. The summed E-state index contributed by atoms with van der Waals surface area (Å²) < 4.78 is 0. The van der Waals surface area contributed by atoms with Crippen molar-refractivity contribution >= 4 is 0 Å². The monoisotopic (exact) mass is 170 g/mol. The van der Waals surface area contributed by atoms with E-state index in [4.69, 9.17) is 0 Å². The summed E-state index contributed by atoms with van der Waals surface area (Å²) in [4.78, 5) is 0. The van der Waals surface area contributed by atoms with Crippen LogP contribution in [0, 0.1) is 11.3 Å². The molecular weight excluding hydrogens is 144 g/mol. The smallest absolute Gasteiger partial charge is 0.0383 e. The largest absolute Gasteiger partial charge is 0.0654 e. The summed E-state index contributed by atoms with van der Waals surface area (Å²) in [5.41, 5.74) is 0.534. The average molecular weight is 170 g/mol. The van der Waals surface area contributed by atoms with Gasteiger partial charge in [-0.1, -0.05) is 60.3 Å². The summed E-state index contributed by atoms with van der Waals surface area (Å²) in [6, 6.07) is 0. The molecule has 0 aliphatic heterocycles. The average Bonchev–Trinajstić information content (AvgIpc) is 1.84. The highest BCUT2D eigenvalue weighted by Crippen LogP contribution is 2.24. The topological polar surface area (TPSA) is 0 Å². The maximum Gasteiger partial charge on any atom is -0.0383 e. The lowest BCUT2D eigenvalue weighted by Crippen LogP contribution is -2.05. The fourth-order valence-electron chi connectivity index (χ4n) is 1.62. The van der Waals surface area contributed by atoms with Crippen molar-refractivity contribution in [3.8, 4) is 0 Å². The van der Waals surface area contributed by atoms with Gasteiger partial charge < -0.3 is 0 Å². The standard InChI is InChI=1S/C12H26/c1-6-8-11(2)9-7-10-12(3,4)5/h11H,6-10H2,1-5H3. The number of hydrogen-bond donors (Lipinski definition) is 0. The third kappa shape index (κ3) is 8.10. The molecule has 0 aromatic rings. The van der Waals surface area contributed by atoms with E-state index in [1.807, 2.05) is 0 Å². The van der Waals surface area contributed by atoms with E-state index in [1.165, 1.54) is 32.1 Å². The van der Waals surface area contributed by atoms with E-state index < -0.39 is 0 Å². The second-order valence-electron chi connectivity index (χ2n) is 5.35. The Bertz CT molecular complexity index is 97.1. The SMILES string of the molecule is CCCC(C)CCCC(C)(C)C. The maximum atomic E-state index is 2.38. The van der Waals surface area contributed by atoms with Crippen LogP contribution in [0.1, 0.15) is 66.7 Å². The van der Waals surface area contributed by atoms with Crippen LogP contribution < -0.4 is 0 Å². The highest BCUT2D eigenvalue weighted by molar-refractivity contribution is 4.62. The van der Waals surface area contributed by atoms with Crippen LogP contribution in [-0.2, 0) is 0 Å². The van der Waals surface area contributed by atoms with Crippen molar-refractivity contribution in [3.05, 3.63) is 0 Å². The van der Waals surface area contributed by atoms with Gasteiger partial charge in [0.15, 0.2) is 0 Å². The molecular formula is C12H26. The van der Waals surface area contributed by atoms with Gasteiger partial charge in [0, 0.05) is 0 Å². The lowest BCUT2D eigenvalue weighted by Gasteiger charge is -2.19. The first kappa shape index (κ1) is 12.0. The number of rotatable bonds is 5. The summed E-state index contributed by atoms with van der Waals surface area (Å²) in [6.45, 7) is 11.7. The van der Waals surface area contributed by atoms with Crippen LogP contribution in [0.3, 0.4) is 0 Å². The molecule has 0 fully saturated rings. The van der Waals surface area contributed by atoms with Gasteiger partial charge in [-0.15, -0.1) is 0 Å². The van der Waals surface area contributed by atoms with Crippen LogP contribution in [0.2, 0.25) is 0 Å². The lowest BCUT2D eigenvalue weighted by molar-refractivity contribution is 0.338. The molecule has 0 heteroatoms. The van der Waals surface area contributed by atoms with E-state index in [0.717, 1.165) is 5.92 Å². The summed E-state index contributed by atoms with van der Waals surface area (Å²) >= 11 is 0. The van der Waals surface area contributed by atoms with Crippen LogP contribution in [0.25, 0.3) is 0 Å². The van der Waals surface area contributed by atoms with Crippen LogP contribution in [0.5, 0.6) is 0 Å².